The molecule has 2 amide bonds. The minimum atomic E-state index is -0.215. The molecule has 3 aromatic carbocycles. The predicted molar refractivity (Wildman–Crippen MR) is 125 cm³/mol. The molecule has 0 saturated carbocycles. The lowest BCUT2D eigenvalue weighted by atomic mass is 9.97. The molecule has 0 aliphatic carbocycles. The molecule has 4 nitrogen and oxygen atoms in total. The Morgan fingerprint density at radius 2 is 1.38 bits per heavy atom. The monoisotopic (exact) mass is 422 g/mol. The first-order valence-electron chi connectivity index (χ1n) is 11.1. The highest BCUT2D eigenvalue weighted by molar-refractivity contribution is 6.35. The number of benzene rings is 3. The fourth-order valence-corrected chi connectivity index (χ4v) is 4.54. The van der Waals surface area contributed by atoms with Crippen LogP contribution >= 0.6 is 0 Å². The summed E-state index contributed by atoms with van der Waals surface area (Å²) in [5, 5.41) is 0. The molecule has 2 aliphatic heterocycles. The number of nitrogens with zero attached hydrogens (tertiary/aromatic N) is 2. The third-order valence-corrected chi connectivity index (χ3v) is 6.39. The van der Waals surface area contributed by atoms with Crippen molar-refractivity contribution in [3.05, 3.63) is 112 Å². The summed E-state index contributed by atoms with van der Waals surface area (Å²) in [4.78, 5) is 30.7. The molecule has 0 spiro atoms. The highest BCUT2D eigenvalue weighted by Gasteiger charge is 2.42. The number of hydrogen-bond donors (Lipinski definition) is 0. The van der Waals surface area contributed by atoms with Crippen molar-refractivity contribution in [3.63, 3.8) is 0 Å². The second kappa shape index (κ2) is 8.12. The molecular weight excluding hydrogens is 396 g/mol. The maximum atomic E-state index is 13.7. The van der Waals surface area contributed by atoms with Gasteiger partial charge in [-0.3, -0.25) is 14.5 Å². The van der Waals surface area contributed by atoms with E-state index in [4.69, 9.17) is 0 Å². The van der Waals surface area contributed by atoms with Gasteiger partial charge in [-0.1, -0.05) is 83.9 Å². The molecule has 0 unspecified atom stereocenters. The van der Waals surface area contributed by atoms with Gasteiger partial charge in [-0.15, -0.1) is 0 Å². The van der Waals surface area contributed by atoms with Crippen LogP contribution in [0.1, 0.15) is 33.4 Å². The largest absolute Gasteiger partial charge is 0.362 e. The van der Waals surface area contributed by atoms with E-state index >= 15 is 0 Å². The molecule has 0 radical (unpaired) electrons. The van der Waals surface area contributed by atoms with Crippen molar-refractivity contribution in [1.82, 2.24) is 9.80 Å². The van der Waals surface area contributed by atoms with Gasteiger partial charge in [-0.2, -0.15) is 0 Å². The van der Waals surface area contributed by atoms with Crippen molar-refractivity contribution in [2.24, 2.45) is 0 Å². The topological polar surface area (TPSA) is 40.6 Å². The molecule has 4 heteroatoms. The van der Waals surface area contributed by atoms with Crippen molar-refractivity contribution < 1.29 is 9.59 Å². The summed E-state index contributed by atoms with van der Waals surface area (Å²) in [5.74, 6) is -0.418. The molecule has 2 heterocycles. The van der Waals surface area contributed by atoms with Crippen LogP contribution in [0.2, 0.25) is 0 Å². The van der Waals surface area contributed by atoms with E-state index in [2.05, 4.69) is 23.1 Å². The number of carbonyl (C=O) groups excluding carboxylic acids is 2. The van der Waals surface area contributed by atoms with Gasteiger partial charge in [0.1, 0.15) is 5.70 Å². The van der Waals surface area contributed by atoms with Crippen molar-refractivity contribution in [1.29, 1.82) is 0 Å². The summed E-state index contributed by atoms with van der Waals surface area (Å²) >= 11 is 0. The van der Waals surface area contributed by atoms with E-state index in [1.165, 1.54) is 16.0 Å². The average molecular weight is 423 g/mol. The highest BCUT2D eigenvalue weighted by Crippen LogP contribution is 2.35. The molecule has 5 rings (SSSR count). The number of amides is 2. The highest BCUT2D eigenvalue weighted by atomic mass is 16.2. The molecular formula is C28H26N2O2. The van der Waals surface area contributed by atoms with Gasteiger partial charge in [0.15, 0.2) is 0 Å². The van der Waals surface area contributed by atoms with Crippen molar-refractivity contribution in [2.45, 2.75) is 33.4 Å². The third kappa shape index (κ3) is 3.62. The SMILES string of the molecule is Cc1ccc(CN2C(=O)C(c3ccc(C)cc3)=C(N3CCc4ccccc4C3)C2=O)cc1. The zero-order chi connectivity index (χ0) is 22.2. The third-order valence-electron chi connectivity index (χ3n) is 6.39. The Kier molecular flexibility index (Phi) is 5.14. The molecule has 0 saturated heterocycles. The van der Waals surface area contributed by atoms with Crippen LogP contribution < -0.4 is 0 Å². The Labute approximate surface area is 188 Å². The number of rotatable bonds is 4. The zero-order valence-electron chi connectivity index (χ0n) is 18.5. The zero-order valence-corrected chi connectivity index (χ0v) is 18.5. The fraction of sp³-hybridized carbons (Fsp3) is 0.214. The van der Waals surface area contributed by atoms with Crippen molar-refractivity contribution in [2.75, 3.05) is 6.54 Å². The lowest BCUT2D eigenvalue weighted by Gasteiger charge is -2.31. The molecule has 0 fully saturated rings. The lowest BCUT2D eigenvalue weighted by molar-refractivity contribution is -0.138. The second-order valence-corrected chi connectivity index (χ2v) is 8.71. The van der Waals surface area contributed by atoms with Gasteiger partial charge in [0.05, 0.1) is 12.1 Å². The van der Waals surface area contributed by atoms with Crippen molar-refractivity contribution in [3.8, 4) is 0 Å². The van der Waals surface area contributed by atoms with Gasteiger partial charge >= 0.3 is 0 Å². The van der Waals surface area contributed by atoms with E-state index in [1.807, 2.05) is 68.4 Å². The van der Waals surface area contributed by atoms with E-state index in [0.29, 0.717) is 17.8 Å². The van der Waals surface area contributed by atoms with Crippen LogP contribution in [0.15, 0.2) is 78.5 Å². The van der Waals surface area contributed by atoms with E-state index in [1.54, 1.807) is 0 Å². The van der Waals surface area contributed by atoms with Crippen molar-refractivity contribution >= 4 is 17.4 Å². The molecule has 0 aromatic heterocycles. The number of carbonyl (C=O) groups is 2. The maximum absolute atomic E-state index is 13.7. The summed E-state index contributed by atoms with van der Waals surface area (Å²) in [6, 6.07) is 24.2. The van der Waals surface area contributed by atoms with Gasteiger partial charge in [0, 0.05) is 13.1 Å². The van der Waals surface area contributed by atoms with E-state index in [-0.39, 0.29) is 18.4 Å². The van der Waals surface area contributed by atoms with Gasteiger partial charge in [-0.05, 0) is 42.5 Å². The smallest absolute Gasteiger partial charge is 0.278 e. The Bertz CT molecular complexity index is 1220. The number of hydrogen-bond acceptors (Lipinski definition) is 3. The molecule has 2 aliphatic rings. The van der Waals surface area contributed by atoms with E-state index in [0.717, 1.165) is 35.2 Å². The first kappa shape index (κ1) is 20.3. The van der Waals surface area contributed by atoms with Crippen LogP contribution in [0.25, 0.3) is 5.57 Å². The van der Waals surface area contributed by atoms with Crippen LogP contribution in [0.4, 0.5) is 0 Å². The summed E-state index contributed by atoms with van der Waals surface area (Å²) in [6.45, 7) is 5.68. The lowest BCUT2D eigenvalue weighted by Crippen LogP contribution is -2.37. The van der Waals surface area contributed by atoms with Crippen LogP contribution in [0, 0.1) is 13.8 Å². The Morgan fingerprint density at radius 3 is 2.06 bits per heavy atom. The Morgan fingerprint density at radius 1 is 0.750 bits per heavy atom. The minimum Gasteiger partial charge on any atom is -0.362 e. The second-order valence-electron chi connectivity index (χ2n) is 8.71. The molecule has 0 atom stereocenters. The molecule has 32 heavy (non-hydrogen) atoms. The first-order chi connectivity index (χ1) is 15.5. The maximum Gasteiger partial charge on any atom is 0.278 e. The van der Waals surface area contributed by atoms with Crippen LogP contribution in [-0.2, 0) is 29.1 Å². The van der Waals surface area contributed by atoms with E-state index < -0.39 is 0 Å². The van der Waals surface area contributed by atoms with Gasteiger partial charge in [-0.25, -0.2) is 0 Å². The summed E-state index contributed by atoms with van der Waals surface area (Å²) < 4.78 is 0. The Hall–Kier alpha value is -3.66. The van der Waals surface area contributed by atoms with Gasteiger partial charge in [0.25, 0.3) is 11.8 Å². The normalized spacial score (nSPS) is 16.1. The molecule has 160 valence electrons. The molecule has 0 bridgehead atoms. The van der Waals surface area contributed by atoms with Crippen LogP contribution in [0.3, 0.4) is 0 Å². The Balaban J connectivity index is 1.54. The van der Waals surface area contributed by atoms with E-state index in [9.17, 15) is 9.59 Å². The summed E-state index contributed by atoms with van der Waals surface area (Å²) in [7, 11) is 0. The number of fused-ring (bicyclic) bond motifs is 1. The first-order valence-corrected chi connectivity index (χ1v) is 11.1. The number of imide groups is 1. The minimum absolute atomic E-state index is 0.203. The van der Waals surface area contributed by atoms with Crippen LogP contribution in [-0.4, -0.2) is 28.2 Å². The standard InChI is InChI=1S/C28H26N2O2/c1-19-7-11-21(12-8-19)17-30-27(31)25(23-13-9-20(2)10-14-23)26(28(30)32)29-16-15-22-5-3-4-6-24(22)18-29/h3-14H,15-18H2,1-2H3. The summed E-state index contributed by atoms with van der Waals surface area (Å²) in [5.41, 5.74) is 7.60. The van der Waals surface area contributed by atoms with Gasteiger partial charge < -0.3 is 4.90 Å². The average Bonchev–Trinajstić information content (AvgIpc) is 3.05. The summed E-state index contributed by atoms with van der Waals surface area (Å²) in [6.07, 6.45) is 0.861. The molecule has 0 N–H and O–H groups in total. The molecule has 3 aromatic rings. The van der Waals surface area contributed by atoms with Crippen LogP contribution in [0.5, 0.6) is 0 Å². The number of aryl methyl sites for hydroxylation is 2. The predicted octanol–water partition coefficient (Wildman–Crippen LogP) is 4.64. The fourth-order valence-electron chi connectivity index (χ4n) is 4.54. The quantitative estimate of drug-likeness (QED) is 0.575. The van der Waals surface area contributed by atoms with Gasteiger partial charge in [0.2, 0.25) is 0 Å².